The number of aromatic nitrogens is 3. The van der Waals surface area contributed by atoms with Gasteiger partial charge in [-0.2, -0.15) is 5.10 Å². The molecule has 1 aromatic heterocycles. The van der Waals surface area contributed by atoms with Crippen LogP contribution >= 0.6 is 0 Å². The minimum absolute atomic E-state index is 0.316. The molecule has 1 heterocycles. The molecule has 0 aliphatic heterocycles. The van der Waals surface area contributed by atoms with E-state index in [0.717, 1.165) is 24.4 Å². The number of ether oxygens (including phenoxy) is 1. The van der Waals surface area contributed by atoms with Crippen molar-refractivity contribution in [2.24, 2.45) is 0 Å². The highest BCUT2D eigenvalue weighted by atomic mass is 16.5. The third-order valence-corrected chi connectivity index (χ3v) is 2.76. The van der Waals surface area contributed by atoms with Crippen LogP contribution in [0.1, 0.15) is 12.5 Å². The van der Waals surface area contributed by atoms with Crippen LogP contribution in [-0.2, 0) is 13.1 Å². The third-order valence-electron chi connectivity index (χ3n) is 2.76. The summed E-state index contributed by atoms with van der Waals surface area (Å²) < 4.78 is 7.14. The van der Waals surface area contributed by atoms with Crippen LogP contribution < -0.4 is 10.1 Å². The van der Waals surface area contributed by atoms with Crippen molar-refractivity contribution >= 4 is 0 Å². The molecular formula is C13H18N4O. The second-order valence-corrected chi connectivity index (χ2v) is 4.21. The van der Waals surface area contributed by atoms with E-state index in [-0.39, 0.29) is 0 Å². The van der Waals surface area contributed by atoms with E-state index in [2.05, 4.69) is 28.4 Å². The Morgan fingerprint density at radius 3 is 2.94 bits per heavy atom. The van der Waals surface area contributed by atoms with Crippen LogP contribution in [0.2, 0.25) is 0 Å². The molecule has 18 heavy (non-hydrogen) atoms. The maximum atomic E-state index is 5.32. The number of benzene rings is 1. The number of hydrogen-bond donors (Lipinski definition) is 1. The molecule has 2 rings (SSSR count). The topological polar surface area (TPSA) is 52.0 Å². The van der Waals surface area contributed by atoms with Gasteiger partial charge in [-0.25, -0.2) is 4.98 Å². The summed E-state index contributed by atoms with van der Waals surface area (Å²) in [4.78, 5) is 3.92. The monoisotopic (exact) mass is 246 g/mol. The molecule has 0 bridgehead atoms. The van der Waals surface area contributed by atoms with Crippen molar-refractivity contribution in [3.05, 3.63) is 42.5 Å². The number of hydrogen-bond acceptors (Lipinski definition) is 4. The minimum atomic E-state index is 0.316. The summed E-state index contributed by atoms with van der Waals surface area (Å²) in [7, 11) is 1.69. The van der Waals surface area contributed by atoms with Gasteiger partial charge in [0, 0.05) is 18.2 Å². The van der Waals surface area contributed by atoms with E-state index in [1.165, 1.54) is 0 Å². The van der Waals surface area contributed by atoms with Gasteiger partial charge in [-0.15, -0.1) is 0 Å². The number of para-hydroxylation sites is 1. The van der Waals surface area contributed by atoms with Crippen LogP contribution in [0, 0.1) is 0 Å². The summed E-state index contributed by atoms with van der Waals surface area (Å²) >= 11 is 0. The molecule has 0 aliphatic rings. The van der Waals surface area contributed by atoms with Gasteiger partial charge < -0.3 is 10.1 Å². The largest absolute Gasteiger partial charge is 0.496 e. The van der Waals surface area contributed by atoms with Crippen molar-refractivity contribution in [2.75, 3.05) is 7.11 Å². The maximum Gasteiger partial charge on any atom is 0.137 e. The van der Waals surface area contributed by atoms with Gasteiger partial charge in [0.05, 0.1) is 13.7 Å². The van der Waals surface area contributed by atoms with Crippen LogP contribution in [0.25, 0.3) is 0 Å². The Morgan fingerprint density at radius 1 is 1.39 bits per heavy atom. The highest BCUT2D eigenvalue weighted by Gasteiger charge is 2.05. The highest BCUT2D eigenvalue weighted by molar-refractivity contribution is 5.32. The van der Waals surface area contributed by atoms with Crippen molar-refractivity contribution in [3.8, 4) is 5.75 Å². The Kier molecular flexibility index (Phi) is 4.30. The first-order valence-electron chi connectivity index (χ1n) is 5.97. The molecule has 96 valence electrons. The van der Waals surface area contributed by atoms with E-state index >= 15 is 0 Å². The average Bonchev–Trinajstić information content (AvgIpc) is 2.89. The lowest BCUT2D eigenvalue weighted by Gasteiger charge is -2.15. The Bertz CT molecular complexity index is 470. The summed E-state index contributed by atoms with van der Waals surface area (Å²) in [6.45, 7) is 3.70. The first-order valence-corrected chi connectivity index (χ1v) is 5.97. The van der Waals surface area contributed by atoms with Gasteiger partial charge in [0.2, 0.25) is 0 Å². The molecule has 0 amide bonds. The van der Waals surface area contributed by atoms with Crippen LogP contribution in [-0.4, -0.2) is 27.9 Å². The molecule has 1 N–H and O–H groups in total. The predicted octanol–water partition coefficient (Wildman–Crippen LogP) is 1.46. The van der Waals surface area contributed by atoms with Gasteiger partial charge >= 0.3 is 0 Å². The summed E-state index contributed by atoms with van der Waals surface area (Å²) in [6, 6.07) is 8.34. The van der Waals surface area contributed by atoms with Gasteiger partial charge in [-0.1, -0.05) is 18.2 Å². The highest BCUT2D eigenvalue weighted by Crippen LogP contribution is 2.16. The summed E-state index contributed by atoms with van der Waals surface area (Å²) in [5, 5.41) is 7.53. The zero-order valence-electron chi connectivity index (χ0n) is 10.7. The SMILES string of the molecule is COc1ccccc1CN[C@H](C)Cn1cncn1. The summed E-state index contributed by atoms with van der Waals surface area (Å²) in [5.41, 5.74) is 1.16. The third kappa shape index (κ3) is 3.30. The van der Waals surface area contributed by atoms with Gasteiger partial charge in [0.25, 0.3) is 0 Å². The zero-order chi connectivity index (χ0) is 12.8. The summed E-state index contributed by atoms with van der Waals surface area (Å²) in [6.07, 6.45) is 3.27. The number of nitrogens with zero attached hydrogens (tertiary/aromatic N) is 3. The lowest BCUT2D eigenvalue weighted by atomic mass is 10.2. The lowest BCUT2D eigenvalue weighted by molar-refractivity contribution is 0.401. The molecule has 2 aromatic rings. The van der Waals surface area contributed by atoms with Gasteiger partial charge in [0.15, 0.2) is 0 Å². The molecule has 1 atom stereocenters. The summed E-state index contributed by atoms with van der Waals surface area (Å²) in [5.74, 6) is 0.915. The number of nitrogens with one attached hydrogen (secondary N) is 1. The Morgan fingerprint density at radius 2 is 2.22 bits per heavy atom. The standard InChI is InChI=1S/C13H18N4O/c1-11(8-17-10-14-9-16-17)15-7-12-5-3-4-6-13(12)18-2/h3-6,9-11,15H,7-8H2,1-2H3/t11-/m1/s1. The molecule has 0 spiro atoms. The first-order chi connectivity index (χ1) is 8.79. The molecule has 5 heteroatoms. The van der Waals surface area contributed by atoms with Gasteiger partial charge in [-0.3, -0.25) is 4.68 Å². The van der Waals surface area contributed by atoms with Crippen LogP contribution in [0.15, 0.2) is 36.9 Å². The molecule has 0 aliphatic carbocycles. The second kappa shape index (κ2) is 6.16. The maximum absolute atomic E-state index is 5.32. The van der Waals surface area contributed by atoms with E-state index < -0.39 is 0 Å². The molecule has 1 aromatic carbocycles. The minimum Gasteiger partial charge on any atom is -0.496 e. The van der Waals surface area contributed by atoms with E-state index in [1.54, 1.807) is 19.8 Å². The fraction of sp³-hybridized carbons (Fsp3) is 0.385. The van der Waals surface area contributed by atoms with Crippen molar-refractivity contribution in [2.45, 2.75) is 26.1 Å². The second-order valence-electron chi connectivity index (χ2n) is 4.21. The van der Waals surface area contributed by atoms with E-state index in [9.17, 15) is 0 Å². The van der Waals surface area contributed by atoms with Crippen molar-refractivity contribution in [1.29, 1.82) is 0 Å². The molecule has 0 radical (unpaired) electrons. The number of rotatable bonds is 6. The van der Waals surface area contributed by atoms with Crippen molar-refractivity contribution in [3.63, 3.8) is 0 Å². The van der Waals surface area contributed by atoms with Crippen LogP contribution in [0.5, 0.6) is 5.75 Å². The molecule has 5 nitrogen and oxygen atoms in total. The van der Waals surface area contributed by atoms with E-state index in [0.29, 0.717) is 6.04 Å². The average molecular weight is 246 g/mol. The van der Waals surface area contributed by atoms with Crippen molar-refractivity contribution < 1.29 is 4.74 Å². The molecule has 0 saturated carbocycles. The first kappa shape index (κ1) is 12.6. The fourth-order valence-corrected chi connectivity index (χ4v) is 1.81. The molecule has 0 unspecified atom stereocenters. The van der Waals surface area contributed by atoms with Crippen LogP contribution in [0.3, 0.4) is 0 Å². The van der Waals surface area contributed by atoms with Gasteiger partial charge in [-0.05, 0) is 13.0 Å². The van der Waals surface area contributed by atoms with Crippen LogP contribution in [0.4, 0.5) is 0 Å². The van der Waals surface area contributed by atoms with Crippen molar-refractivity contribution in [1.82, 2.24) is 20.1 Å². The lowest BCUT2D eigenvalue weighted by Crippen LogP contribution is -2.30. The Balaban J connectivity index is 1.87. The molecule has 0 fully saturated rings. The Hall–Kier alpha value is -1.88. The predicted molar refractivity (Wildman–Crippen MR) is 69.3 cm³/mol. The number of methoxy groups -OCH3 is 1. The Labute approximate surface area is 107 Å². The fourth-order valence-electron chi connectivity index (χ4n) is 1.81. The quantitative estimate of drug-likeness (QED) is 0.838. The molecular weight excluding hydrogens is 228 g/mol. The van der Waals surface area contributed by atoms with E-state index in [4.69, 9.17) is 4.74 Å². The van der Waals surface area contributed by atoms with E-state index in [1.807, 2.05) is 22.9 Å². The zero-order valence-corrected chi connectivity index (χ0v) is 10.7. The van der Waals surface area contributed by atoms with Gasteiger partial charge in [0.1, 0.15) is 18.4 Å². The normalized spacial score (nSPS) is 12.3. The molecule has 0 saturated heterocycles. The smallest absolute Gasteiger partial charge is 0.137 e.